The van der Waals surface area contributed by atoms with E-state index in [2.05, 4.69) is 39.4 Å². The van der Waals surface area contributed by atoms with Crippen molar-refractivity contribution in [3.8, 4) is 5.75 Å². The van der Waals surface area contributed by atoms with Crippen LogP contribution in [0.1, 0.15) is 24.1 Å². The zero-order valence-corrected chi connectivity index (χ0v) is 15.5. The number of hydrogen-bond acceptors (Lipinski definition) is 3. The molecule has 2 aromatic rings. The molecule has 108 valence electrons. The molecule has 0 bridgehead atoms. The predicted molar refractivity (Wildman–Crippen MR) is 95.6 cm³/mol. The fraction of sp³-hybridized carbons (Fsp3) is 0.286. The van der Waals surface area contributed by atoms with Gasteiger partial charge in [0, 0.05) is 11.1 Å². The first kappa shape index (κ1) is 16.4. The van der Waals surface area contributed by atoms with Gasteiger partial charge in [-0.25, -0.2) is 0 Å². The molecule has 20 heavy (non-hydrogen) atoms. The standard InChI is InChI=1S/C14H14Cl2INOS/c1-3-19-12-6-10(15)9(5-11(12)16)14(18-2)8-4-13(17)20-7-8/h4-7,14,18H,3H2,1-2H3. The Morgan fingerprint density at radius 3 is 2.60 bits per heavy atom. The maximum absolute atomic E-state index is 6.39. The topological polar surface area (TPSA) is 21.3 Å². The number of nitrogens with one attached hydrogen (secondary N) is 1. The van der Waals surface area contributed by atoms with Crippen LogP contribution in [0, 0.1) is 2.88 Å². The summed E-state index contributed by atoms with van der Waals surface area (Å²) < 4.78 is 6.70. The number of thiophene rings is 1. The first-order valence-electron chi connectivity index (χ1n) is 6.09. The first-order valence-corrected chi connectivity index (χ1v) is 8.81. The van der Waals surface area contributed by atoms with E-state index >= 15 is 0 Å². The van der Waals surface area contributed by atoms with Crippen LogP contribution >= 0.6 is 57.1 Å². The number of benzene rings is 1. The van der Waals surface area contributed by atoms with E-state index in [0.29, 0.717) is 22.4 Å². The van der Waals surface area contributed by atoms with Crippen LogP contribution in [-0.2, 0) is 0 Å². The van der Waals surface area contributed by atoms with Crippen LogP contribution in [-0.4, -0.2) is 13.7 Å². The summed E-state index contributed by atoms with van der Waals surface area (Å²) in [6.45, 7) is 2.48. The Kier molecular flexibility index (Phi) is 5.98. The minimum atomic E-state index is 0.0236. The highest BCUT2D eigenvalue weighted by atomic mass is 127. The Morgan fingerprint density at radius 2 is 2.05 bits per heavy atom. The summed E-state index contributed by atoms with van der Waals surface area (Å²) in [5, 5.41) is 6.65. The summed E-state index contributed by atoms with van der Waals surface area (Å²) >= 11 is 16.7. The van der Waals surface area contributed by atoms with Crippen molar-refractivity contribution in [3.63, 3.8) is 0 Å². The second-order valence-electron chi connectivity index (χ2n) is 4.14. The average Bonchev–Trinajstić information content (AvgIpc) is 2.83. The van der Waals surface area contributed by atoms with E-state index in [1.54, 1.807) is 17.4 Å². The van der Waals surface area contributed by atoms with E-state index in [0.717, 1.165) is 5.56 Å². The normalized spacial score (nSPS) is 12.4. The molecule has 2 nitrogen and oxygen atoms in total. The lowest BCUT2D eigenvalue weighted by molar-refractivity contribution is 0.340. The predicted octanol–water partition coefficient (Wildman–Crippen LogP) is 5.37. The molecule has 0 aliphatic carbocycles. The third kappa shape index (κ3) is 3.60. The van der Waals surface area contributed by atoms with Crippen molar-refractivity contribution in [1.29, 1.82) is 0 Å². The summed E-state index contributed by atoms with van der Waals surface area (Å²) in [5.74, 6) is 0.623. The summed E-state index contributed by atoms with van der Waals surface area (Å²) in [4.78, 5) is 0. The van der Waals surface area contributed by atoms with Gasteiger partial charge in [-0.2, -0.15) is 0 Å². The van der Waals surface area contributed by atoms with Gasteiger partial charge >= 0.3 is 0 Å². The maximum atomic E-state index is 6.39. The van der Waals surface area contributed by atoms with Crippen LogP contribution in [0.4, 0.5) is 0 Å². The Morgan fingerprint density at radius 1 is 1.30 bits per heavy atom. The molecule has 1 aromatic heterocycles. The van der Waals surface area contributed by atoms with E-state index in [4.69, 9.17) is 27.9 Å². The Bertz CT molecular complexity index is 603. The molecule has 1 unspecified atom stereocenters. The molecule has 1 N–H and O–H groups in total. The molecule has 2 rings (SSSR count). The summed E-state index contributed by atoms with van der Waals surface area (Å²) in [7, 11) is 1.91. The van der Waals surface area contributed by atoms with Gasteiger partial charge in [0.15, 0.2) is 0 Å². The molecule has 0 saturated heterocycles. The largest absolute Gasteiger partial charge is 0.492 e. The highest BCUT2D eigenvalue weighted by molar-refractivity contribution is 14.1. The second-order valence-corrected chi connectivity index (χ2v) is 7.76. The third-order valence-electron chi connectivity index (χ3n) is 2.87. The minimum Gasteiger partial charge on any atom is -0.492 e. The molecule has 0 aliphatic heterocycles. The smallest absolute Gasteiger partial charge is 0.139 e. The van der Waals surface area contributed by atoms with Gasteiger partial charge in [-0.05, 0) is 65.2 Å². The van der Waals surface area contributed by atoms with Gasteiger partial charge in [0.05, 0.1) is 20.6 Å². The quantitative estimate of drug-likeness (QED) is 0.630. The van der Waals surface area contributed by atoms with Crippen molar-refractivity contribution in [2.45, 2.75) is 13.0 Å². The lowest BCUT2D eigenvalue weighted by atomic mass is 10.0. The molecule has 0 radical (unpaired) electrons. The average molecular weight is 442 g/mol. The number of hydrogen-bond donors (Lipinski definition) is 1. The molecule has 1 aromatic carbocycles. The Balaban J connectivity index is 2.42. The van der Waals surface area contributed by atoms with Crippen molar-refractivity contribution >= 4 is 57.1 Å². The molecule has 1 heterocycles. The van der Waals surface area contributed by atoms with Gasteiger partial charge in [-0.1, -0.05) is 23.2 Å². The molecule has 0 aliphatic rings. The minimum absolute atomic E-state index is 0.0236. The van der Waals surface area contributed by atoms with Gasteiger partial charge in [0.1, 0.15) is 5.75 Å². The van der Waals surface area contributed by atoms with Crippen LogP contribution in [0.5, 0.6) is 5.75 Å². The fourth-order valence-corrected chi connectivity index (χ4v) is 3.90. The first-order chi connectivity index (χ1) is 9.56. The van der Waals surface area contributed by atoms with Crippen LogP contribution in [0.3, 0.4) is 0 Å². The van der Waals surface area contributed by atoms with Gasteiger partial charge in [0.2, 0.25) is 0 Å². The summed E-state index contributed by atoms with van der Waals surface area (Å²) in [6.07, 6.45) is 0. The van der Waals surface area contributed by atoms with Crippen molar-refractivity contribution in [3.05, 3.63) is 47.6 Å². The highest BCUT2D eigenvalue weighted by Gasteiger charge is 2.19. The Labute approximate surface area is 146 Å². The molecule has 0 fully saturated rings. The van der Waals surface area contributed by atoms with Gasteiger partial charge in [-0.3, -0.25) is 0 Å². The van der Waals surface area contributed by atoms with Crippen molar-refractivity contribution in [2.24, 2.45) is 0 Å². The molecular weight excluding hydrogens is 428 g/mol. The van der Waals surface area contributed by atoms with Crippen LogP contribution < -0.4 is 10.1 Å². The summed E-state index contributed by atoms with van der Waals surface area (Å²) in [5.41, 5.74) is 2.14. The lowest BCUT2D eigenvalue weighted by Crippen LogP contribution is -2.17. The maximum Gasteiger partial charge on any atom is 0.139 e. The number of halogens is 3. The number of rotatable bonds is 5. The van der Waals surface area contributed by atoms with Crippen molar-refractivity contribution < 1.29 is 4.74 Å². The van der Waals surface area contributed by atoms with Gasteiger partial charge in [-0.15, -0.1) is 11.3 Å². The SMILES string of the molecule is CCOc1cc(Cl)c(C(NC)c2csc(I)c2)cc1Cl. The van der Waals surface area contributed by atoms with E-state index in [9.17, 15) is 0 Å². The van der Waals surface area contributed by atoms with Crippen LogP contribution in [0.25, 0.3) is 0 Å². The van der Waals surface area contributed by atoms with Gasteiger partial charge < -0.3 is 10.1 Å². The van der Waals surface area contributed by atoms with E-state index < -0.39 is 0 Å². The van der Waals surface area contributed by atoms with E-state index in [1.807, 2.05) is 20.0 Å². The van der Waals surface area contributed by atoms with E-state index in [1.165, 1.54) is 8.45 Å². The Hall–Kier alpha value is -0.0100. The second kappa shape index (κ2) is 7.31. The zero-order chi connectivity index (χ0) is 14.7. The van der Waals surface area contributed by atoms with Gasteiger partial charge in [0.25, 0.3) is 0 Å². The molecular formula is C14H14Cl2INOS. The molecule has 0 amide bonds. The van der Waals surface area contributed by atoms with Crippen LogP contribution in [0.2, 0.25) is 10.0 Å². The highest BCUT2D eigenvalue weighted by Crippen LogP contribution is 2.37. The zero-order valence-electron chi connectivity index (χ0n) is 11.0. The van der Waals surface area contributed by atoms with Crippen molar-refractivity contribution in [2.75, 3.05) is 13.7 Å². The van der Waals surface area contributed by atoms with Crippen LogP contribution in [0.15, 0.2) is 23.6 Å². The lowest BCUT2D eigenvalue weighted by Gasteiger charge is -2.18. The third-order valence-corrected chi connectivity index (χ3v) is 5.30. The molecule has 6 heteroatoms. The van der Waals surface area contributed by atoms with E-state index in [-0.39, 0.29) is 6.04 Å². The molecule has 0 spiro atoms. The van der Waals surface area contributed by atoms with Crippen molar-refractivity contribution in [1.82, 2.24) is 5.32 Å². The molecule has 0 saturated carbocycles. The molecule has 1 atom stereocenters. The summed E-state index contributed by atoms with van der Waals surface area (Å²) in [6, 6.07) is 5.83. The fourth-order valence-electron chi connectivity index (χ4n) is 2.01. The monoisotopic (exact) mass is 441 g/mol. The number of ether oxygens (including phenoxy) is 1.